The largest absolute Gasteiger partial charge is 0.296 e. The minimum absolute atomic E-state index is 0.116. The highest BCUT2D eigenvalue weighted by Gasteiger charge is 2.17. The average molecular weight is 327 g/mol. The molecule has 0 atom stereocenters. The molecule has 6 nitrogen and oxygen atoms in total. The van der Waals surface area contributed by atoms with Gasteiger partial charge in [-0.15, -0.1) is 11.3 Å². The standard InChI is InChI=1S/C16H17N5OS/c1-10(2)21-14(8-11(3)20-21)15(22)19-16-18-13(9-23-16)12-6-4-5-7-17-12/h4-10H,1-3H3,(H,18,19,22). The molecule has 7 heteroatoms. The molecule has 3 aromatic heterocycles. The number of hydrogen-bond donors (Lipinski definition) is 1. The number of carbonyl (C=O) groups excluding carboxylic acids is 1. The van der Waals surface area contributed by atoms with Crippen molar-refractivity contribution in [3.8, 4) is 11.4 Å². The number of aryl methyl sites for hydroxylation is 1. The highest BCUT2D eigenvalue weighted by molar-refractivity contribution is 7.14. The van der Waals surface area contributed by atoms with Gasteiger partial charge < -0.3 is 0 Å². The fraction of sp³-hybridized carbons (Fsp3) is 0.250. The van der Waals surface area contributed by atoms with Crippen LogP contribution < -0.4 is 5.32 Å². The number of hydrogen-bond acceptors (Lipinski definition) is 5. The molecule has 0 saturated carbocycles. The Labute approximate surface area is 138 Å². The minimum atomic E-state index is -0.207. The second-order valence-electron chi connectivity index (χ2n) is 5.42. The number of pyridine rings is 1. The molecule has 0 bridgehead atoms. The third-order valence-electron chi connectivity index (χ3n) is 3.23. The highest BCUT2D eigenvalue weighted by Crippen LogP contribution is 2.24. The second kappa shape index (κ2) is 6.29. The number of nitrogens with one attached hydrogen (secondary N) is 1. The molecule has 1 amide bonds. The number of thiazole rings is 1. The Hall–Kier alpha value is -2.54. The van der Waals surface area contributed by atoms with E-state index < -0.39 is 0 Å². The molecular formula is C16H17N5OS. The zero-order valence-corrected chi connectivity index (χ0v) is 14.0. The van der Waals surface area contributed by atoms with Gasteiger partial charge in [-0.05, 0) is 39.0 Å². The quantitative estimate of drug-likeness (QED) is 0.795. The molecule has 23 heavy (non-hydrogen) atoms. The lowest BCUT2D eigenvalue weighted by Crippen LogP contribution is -2.18. The summed E-state index contributed by atoms with van der Waals surface area (Å²) in [4.78, 5) is 21.2. The van der Waals surface area contributed by atoms with E-state index in [1.54, 1.807) is 16.9 Å². The summed E-state index contributed by atoms with van der Waals surface area (Å²) in [7, 11) is 0. The summed E-state index contributed by atoms with van der Waals surface area (Å²) in [5, 5.41) is 9.62. The lowest BCUT2D eigenvalue weighted by molar-refractivity contribution is 0.101. The number of amides is 1. The fourth-order valence-corrected chi connectivity index (χ4v) is 2.90. The van der Waals surface area contributed by atoms with Gasteiger partial charge in [0, 0.05) is 17.6 Å². The zero-order chi connectivity index (χ0) is 16.4. The van der Waals surface area contributed by atoms with Crippen LogP contribution in [-0.2, 0) is 0 Å². The Morgan fingerprint density at radius 1 is 1.30 bits per heavy atom. The van der Waals surface area contributed by atoms with Crippen LogP contribution in [0.15, 0.2) is 35.8 Å². The molecule has 0 saturated heterocycles. The summed E-state index contributed by atoms with van der Waals surface area (Å²) in [5.74, 6) is -0.207. The van der Waals surface area contributed by atoms with Crippen LogP contribution in [0.25, 0.3) is 11.4 Å². The van der Waals surface area contributed by atoms with Crippen molar-refractivity contribution in [2.75, 3.05) is 5.32 Å². The molecule has 0 aliphatic rings. The van der Waals surface area contributed by atoms with E-state index in [9.17, 15) is 4.79 Å². The van der Waals surface area contributed by atoms with Gasteiger partial charge in [0.1, 0.15) is 11.4 Å². The number of anilines is 1. The zero-order valence-electron chi connectivity index (χ0n) is 13.1. The van der Waals surface area contributed by atoms with Crippen molar-refractivity contribution in [3.63, 3.8) is 0 Å². The van der Waals surface area contributed by atoms with Crippen molar-refractivity contribution < 1.29 is 4.79 Å². The predicted octanol–water partition coefficient (Wildman–Crippen LogP) is 3.54. The maximum atomic E-state index is 12.5. The lowest BCUT2D eigenvalue weighted by atomic mass is 10.3. The van der Waals surface area contributed by atoms with Crippen molar-refractivity contribution in [2.45, 2.75) is 26.8 Å². The predicted molar refractivity (Wildman–Crippen MR) is 90.6 cm³/mol. The van der Waals surface area contributed by atoms with Crippen LogP contribution >= 0.6 is 11.3 Å². The van der Waals surface area contributed by atoms with Gasteiger partial charge in [-0.2, -0.15) is 5.10 Å². The van der Waals surface area contributed by atoms with E-state index in [4.69, 9.17) is 0 Å². The summed E-state index contributed by atoms with van der Waals surface area (Å²) >= 11 is 1.38. The Bertz CT molecular complexity index is 822. The minimum Gasteiger partial charge on any atom is -0.296 e. The highest BCUT2D eigenvalue weighted by atomic mass is 32.1. The molecule has 0 aromatic carbocycles. The summed E-state index contributed by atoms with van der Waals surface area (Å²) in [6, 6.07) is 7.54. The van der Waals surface area contributed by atoms with Crippen molar-refractivity contribution in [3.05, 3.63) is 47.2 Å². The molecule has 0 spiro atoms. The monoisotopic (exact) mass is 327 g/mol. The topological polar surface area (TPSA) is 72.7 Å². The first-order valence-electron chi connectivity index (χ1n) is 7.29. The molecule has 1 N–H and O–H groups in total. The van der Waals surface area contributed by atoms with Crippen molar-refractivity contribution in [1.29, 1.82) is 0 Å². The van der Waals surface area contributed by atoms with Gasteiger partial charge in [0.25, 0.3) is 5.91 Å². The van der Waals surface area contributed by atoms with Gasteiger partial charge >= 0.3 is 0 Å². The van der Waals surface area contributed by atoms with Crippen LogP contribution in [0.3, 0.4) is 0 Å². The molecule has 0 aliphatic heterocycles. The Morgan fingerprint density at radius 2 is 2.13 bits per heavy atom. The summed E-state index contributed by atoms with van der Waals surface area (Å²) < 4.78 is 1.72. The summed E-state index contributed by atoms with van der Waals surface area (Å²) in [6.45, 7) is 5.86. The first-order chi connectivity index (χ1) is 11.0. The van der Waals surface area contributed by atoms with Gasteiger partial charge in [0.05, 0.1) is 11.4 Å². The van der Waals surface area contributed by atoms with Crippen LogP contribution in [0, 0.1) is 6.92 Å². The third kappa shape index (κ3) is 3.29. The molecular weight excluding hydrogens is 310 g/mol. The van der Waals surface area contributed by atoms with Crippen LogP contribution in [0.4, 0.5) is 5.13 Å². The maximum absolute atomic E-state index is 12.5. The Kier molecular flexibility index (Phi) is 4.20. The van der Waals surface area contributed by atoms with E-state index in [-0.39, 0.29) is 11.9 Å². The first-order valence-corrected chi connectivity index (χ1v) is 8.17. The third-order valence-corrected chi connectivity index (χ3v) is 3.99. The molecule has 3 aromatic rings. The van der Waals surface area contributed by atoms with E-state index in [1.807, 2.05) is 44.4 Å². The SMILES string of the molecule is Cc1cc(C(=O)Nc2nc(-c3ccccn3)cs2)n(C(C)C)n1. The van der Waals surface area contributed by atoms with Gasteiger partial charge in [-0.25, -0.2) is 4.98 Å². The maximum Gasteiger partial charge on any atom is 0.275 e. The second-order valence-corrected chi connectivity index (χ2v) is 6.27. The number of rotatable bonds is 4. The smallest absolute Gasteiger partial charge is 0.275 e. The molecule has 0 aliphatic carbocycles. The van der Waals surface area contributed by atoms with E-state index in [0.717, 1.165) is 17.1 Å². The van der Waals surface area contributed by atoms with E-state index in [0.29, 0.717) is 10.8 Å². The van der Waals surface area contributed by atoms with E-state index >= 15 is 0 Å². The van der Waals surface area contributed by atoms with Crippen LogP contribution in [-0.4, -0.2) is 25.7 Å². The molecule has 3 heterocycles. The van der Waals surface area contributed by atoms with E-state index in [2.05, 4.69) is 20.4 Å². The Balaban J connectivity index is 1.80. The van der Waals surface area contributed by atoms with Crippen LogP contribution in [0.5, 0.6) is 0 Å². The number of carbonyl (C=O) groups is 1. The normalized spacial score (nSPS) is 11.0. The van der Waals surface area contributed by atoms with E-state index in [1.165, 1.54) is 11.3 Å². The van der Waals surface area contributed by atoms with Gasteiger partial charge in [0.15, 0.2) is 5.13 Å². The van der Waals surface area contributed by atoms with Gasteiger partial charge in [0.2, 0.25) is 0 Å². The van der Waals surface area contributed by atoms with Crippen molar-refractivity contribution >= 4 is 22.4 Å². The molecule has 0 fully saturated rings. The van der Waals surface area contributed by atoms with Crippen LogP contribution in [0.1, 0.15) is 36.1 Å². The molecule has 118 valence electrons. The molecule has 3 rings (SSSR count). The fourth-order valence-electron chi connectivity index (χ4n) is 2.20. The first kappa shape index (κ1) is 15.4. The van der Waals surface area contributed by atoms with Crippen molar-refractivity contribution in [1.82, 2.24) is 19.7 Å². The van der Waals surface area contributed by atoms with Gasteiger partial charge in [-0.3, -0.25) is 19.8 Å². The summed E-state index contributed by atoms with van der Waals surface area (Å²) in [6.07, 6.45) is 1.72. The number of aromatic nitrogens is 4. The Morgan fingerprint density at radius 3 is 2.83 bits per heavy atom. The molecule has 0 radical (unpaired) electrons. The molecule has 0 unspecified atom stereocenters. The van der Waals surface area contributed by atoms with Crippen molar-refractivity contribution in [2.24, 2.45) is 0 Å². The number of nitrogens with zero attached hydrogens (tertiary/aromatic N) is 4. The summed E-state index contributed by atoms with van der Waals surface area (Å²) in [5.41, 5.74) is 2.89. The average Bonchev–Trinajstić information content (AvgIpc) is 3.15. The lowest BCUT2D eigenvalue weighted by Gasteiger charge is -2.09. The van der Waals surface area contributed by atoms with Gasteiger partial charge in [-0.1, -0.05) is 6.07 Å². The van der Waals surface area contributed by atoms with Crippen LogP contribution in [0.2, 0.25) is 0 Å².